The molecule has 1 heterocycles. The van der Waals surface area contributed by atoms with Crippen molar-refractivity contribution in [3.05, 3.63) is 34.5 Å². The van der Waals surface area contributed by atoms with Crippen LogP contribution in [0.1, 0.15) is 31.5 Å². The third-order valence-corrected chi connectivity index (χ3v) is 3.48. The minimum absolute atomic E-state index is 0.720. The number of nitrogens with one attached hydrogen (secondary N) is 1. The van der Waals surface area contributed by atoms with Gasteiger partial charge in [-0.05, 0) is 31.4 Å². The fraction of sp³-hybridized carbons (Fsp3) is 0.400. The maximum absolute atomic E-state index is 6.24. The number of halogens is 1. The molecule has 2 rings (SSSR count). The van der Waals surface area contributed by atoms with E-state index in [0.29, 0.717) is 0 Å². The molecule has 0 atom stereocenters. The molecule has 0 bridgehead atoms. The van der Waals surface area contributed by atoms with Crippen LogP contribution in [0.25, 0.3) is 10.9 Å². The summed E-state index contributed by atoms with van der Waals surface area (Å²) in [4.78, 5) is 4.64. The van der Waals surface area contributed by atoms with Gasteiger partial charge < -0.3 is 5.32 Å². The van der Waals surface area contributed by atoms with Crippen LogP contribution in [0.15, 0.2) is 18.2 Å². The van der Waals surface area contributed by atoms with Gasteiger partial charge in [0.15, 0.2) is 0 Å². The summed E-state index contributed by atoms with van der Waals surface area (Å²) in [6.07, 6.45) is 2.08. The molecular formula is C15H19ClN2. The van der Waals surface area contributed by atoms with Crippen LogP contribution >= 0.6 is 11.6 Å². The van der Waals surface area contributed by atoms with Gasteiger partial charge in [-0.15, -0.1) is 0 Å². The lowest BCUT2D eigenvalue weighted by Crippen LogP contribution is -2.06. The molecule has 0 saturated carbocycles. The molecule has 96 valence electrons. The highest BCUT2D eigenvalue weighted by Gasteiger charge is 2.12. The second-order valence-electron chi connectivity index (χ2n) is 4.47. The monoisotopic (exact) mass is 262 g/mol. The van der Waals surface area contributed by atoms with E-state index >= 15 is 0 Å². The van der Waals surface area contributed by atoms with E-state index in [1.54, 1.807) is 0 Å². The molecule has 0 aliphatic rings. The highest BCUT2D eigenvalue weighted by Crippen LogP contribution is 2.32. The topological polar surface area (TPSA) is 24.9 Å². The summed E-state index contributed by atoms with van der Waals surface area (Å²) in [7, 11) is 0. The van der Waals surface area contributed by atoms with Gasteiger partial charge in [0.05, 0.1) is 10.5 Å². The number of rotatable bonds is 4. The van der Waals surface area contributed by atoms with Crippen molar-refractivity contribution in [1.29, 1.82) is 0 Å². The predicted octanol–water partition coefficient (Wildman–Crippen LogP) is 4.58. The first-order chi connectivity index (χ1) is 8.69. The SMILES string of the molecule is CCCNc1c(CC)c(C)nc2c(Cl)cccc12. The van der Waals surface area contributed by atoms with Crippen molar-refractivity contribution in [3.8, 4) is 0 Å². The minimum Gasteiger partial charge on any atom is -0.384 e. The molecule has 3 heteroatoms. The third-order valence-electron chi connectivity index (χ3n) is 3.18. The Balaban J connectivity index is 2.71. The zero-order valence-electron chi connectivity index (χ0n) is 11.2. The lowest BCUT2D eigenvalue weighted by molar-refractivity contribution is 0.969. The van der Waals surface area contributed by atoms with Gasteiger partial charge in [-0.3, -0.25) is 4.98 Å². The Morgan fingerprint density at radius 1 is 1.28 bits per heavy atom. The summed E-state index contributed by atoms with van der Waals surface area (Å²) < 4.78 is 0. The molecule has 0 fully saturated rings. The maximum Gasteiger partial charge on any atom is 0.0912 e. The fourth-order valence-electron chi connectivity index (χ4n) is 2.29. The molecule has 0 saturated heterocycles. The van der Waals surface area contributed by atoms with Crippen molar-refractivity contribution < 1.29 is 0 Å². The van der Waals surface area contributed by atoms with E-state index in [9.17, 15) is 0 Å². The number of benzene rings is 1. The van der Waals surface area contributed by atoms with Crippen LogP contribution in [-0.4, -0.2) is 11.5 Å². The Morgan fingerprint density at radius 2 is 2.06 bits per heavy atom. The maximum atomic E-state index is 6.24. The first kappa shape index (κ1) is 13.2. The standard InChI is InChI=1S/C15H19ClN2/c1-4-9-17-14-11(5-2)10(3)18-15-12(14)7-6-8-13(15)16/h6-8H,4-5,9H2,1-3H3,(H,17,18). The summed E-state index contributed by atoms with van der Waals surface area (Å²) in [5.41, 5.74) is 4.45. The molecule has 0 unspecified atom stereocenters. The van der Waals surface area contributed by atoms with Crippen LogP contribution in [-0.2, 0) is 6.42 Å². The van der Waals surface area contributed by atoms with E-state index in [-0.39, 0.29) is 0 Å². The Hall–Kier alpha value is -1.28. The zero-order valence-corrected chi connectivity index (χ0v) is 11.9. The number of para-hydroxylation sites is 1. The second kappa shape index (κ2) is 5.57. The number of anilines is 1. The Kier molecular flexibility index (Phi) is 4.07. The Labute approximate surface area is 113 Å². The van der Waals surface area contributed by atoms with Gasteiger partial charge in [-0.25, -0.2) is 0 Å². The number of aromatic nitrogens is 1. The van der Waals surface area contributed by atoms with Gasteiger partial charge in [-0.2, -0.15) is 0 Å². The number of hydrogen-bond donors (Lipinski definition) is 1. The van der Waals surface area contributed by atoms with E-state index in [1.807, 2.05) is 12.1 Å². The smallest absolute Gasteiger partial charge is 0.0912 e. The van der Waals surface area contributed by atoms with Crippen LogP contribution in [0.4, 0.5) is 5.69 Å². The molecule has 2 aromatic rings. The lowest BCUT2D eigenvalue weighted by atomic mass is 10.0. The van der Waals surface area contributed by atoms with Gasteiger partial charge in [0.25, 0.3) is 0 Å². The highest BCUT2D eigenvalue weighted by molar-refractivity contribution is 6.35. The van der Waals surface area contributed by atoms with Crippen molar-refractivity contribution in [2.24, 2.45) is 0 Å². The molecule has 1 aromatic heterocycles. The molecule has 0 aliphatic heterocycles. The third kappa shape index (κ3) is 2.30. The summed E-state index contributed by atoms with van der Waals surface area (Å²) in [5.74, 6) is 0. The predicted molar refractivity (Wildman–Crippen MR) is 79.6 cm³/mol. The van der Waals surface area contributed by atoms with E-state index in [1.165, 1.54) is 11.3 Å². The van der Waals surface area contributed by atoms with Crippen molar-refractivity contribution in [2.75, 3.05) is 11.9 Å². The second-order valence-corrected chi connectivity index (χ2v) is 4.87. The number of pyridine rings is 1. The van der Waals surface area contributed by atoms with Gasteiger partial charge in [-0.1, -0.05) is 37.6 Å². The highest BCUT2D eigenvalue weighted by atomic mass is 35.5. The average molecular weight is 263 g/mol. The normalized spacial score (nSPS) is 10.9. The van der Waals surface area contributed by atoms with Crippen molar-refractivity contribution in [3.63, 3.8) is 0 Å². The van der Waals surface area contributed by atoms with E-state index in [0.717, 1.165) is 41.0 Å². The lowest BCUT2D eigenvalue weighted by Gasteiger charge is -2.16. The molecule has 18 heavy (non-hydrogen) atoms. The van der Waals surface area contributed by atoms with E-state index in [4.69, 9.17) is 11.6 Å². The van der Waals surface area contributed by atoms with Crippen LogP contribution in [0.2, 0.25) is 5.02 Å². The molecule has 2 nitrogen and oxygen atoms in total. The number of fused-ring (bicyclic) bond motifs is 1. The molecule has 0 spiro atoms. The van der Waals surface area contributed by atoms with E-state index < -0.39 is 0 Å². The quantitative estimate of drug-likeness (QED) is 0.872. The minimum atomic E-state index is 0.720. The van der Waals surface area contributed by atoms with Crippen LogP contribution in [0, 0.1) is 6.92 Å². The van der Waals surface area contributed by atoms with Gasteiger partial charge >= 0.3 is 0 Å². The molecule has 1 N–H and O–H groups in total. The average Bonchev–Trinajstić information content (AvgIpc) is 2.37. The number of hydrogen-bond acceptors (Lipinski definition) is 2. The molecule has 0 aliphatic carbocycles. The Bertz CT molecular complexity index is 564. The summed E-state index contributed by atoms with van der Waals surface area (Å²) in [6.45, 7) is 7.36. The molecule has 0 radical (unpaired) electrons. The number of aryl methyl sites for hydroxylation is 1. The van der Waals surface area contributed by atoms with Crippen molar-refractivity contribution in [1.82, 2.24) is 4.98 Å². The molecule has 0 amide bonds. The fourth-order valence-corrected chi connectivity index (χ4v) is 2.51. The van der Waals surface area contributed by atoms with Crippen molar-refractivity contribution in [2.45, 2.75) is 33.6 Å². The summed E-state index contributed by atoms with van der Waals surface area (Å²) >= 11 is 6.24. The molecule has 1 aromatic carbocycles. The van der Waals surface area contributed by atoms with Gasteiger partial charge in [0.2, 0.25) is 0 Å². The van der Waals surface area contributed by atoms with Crippen molar-refractivity contribution >= 4 is 28.2 Å². The van der Waals surface area contributed by atoms with Gasteiger partial charge in [0, 0.05) is 23.3 Å². The summed E-state index contributed by atoms with van der Waals surface area (Å²) in [5, 5.41) is 5.37. The Morgan fingerprint density at radius 3 is 2.72 bits per heavy atom. The number of nitrogens with zero attached hydrogens (tertiary/aromatic N) is 1. The summed E-state index contributed by atoms with van der Waals surface area (Å²) in [6, 6.07) is 5.97. The van der Waals surface area contributed by atoms with Crippen LogP contribution in [0.5, 0.6) is 0 Å². The van der Waals surface area contributed by atoms with Crippen LogP contribution in [0.3, 0.4) is 0 Å². The largest absolute Gasteiger partial charge is 0.384 e. The first-order valence-corrected chi connectivity index (χ1v) is 6.88. The van der Waals surface area contributed by atoms with E-state index in [2.05, 4.69) is 37.1 Å². The molecular weight excluding hydrogens is 244 g/mol. The van der Waals surface area contributed by atoms with Crippen LogP contribution < -0.4 is 5.32 Å². The zero-order chi connectivity index (χ0) is 13.1. The first-order valence-electron chi connectivity index (χ1n) is 6.50. The van der Waals surface area contributed by atoms with Gasteiger partial charge in [0.1, 0.15) is 0 Å².